The lowest BCUT2D eigenvalue weighted by molar-refractivity contribution is -0.137. The summed E-state index contributed by atoms with van der Waals surface area (Å²) >= 11 is 0. The topological polar surface area (TPSA) is 77.0 Å². The van der Waals surface area contributed by atoms with Crippen LogP contribution in [0.2, 0.25) is 0 Å². The zero-order valence-corrected chi connectivity index (χ0v) is 16.0. The fourth-order valence-corrected chi connectivity index (χ4v) is 4.51. The average Bonchev–Trinajstić information content (AvgIpc) is 3.00. The molecule has 0 bridgehead atoms. The number of carbonyl (C=O) groups is 1. The molecule has 148 valence electrons. The molecule has 0 fully saturated rings. The third kappa shape index (κ3) is 3.07. The highest BCUT2D eigenvalue weighted by atomic mass is 19.1. The number of halogens is 1. The maximum absolute atomic E-state index is 14.3. The molecular formula is C22H21FN4O2. The molecule has 1 atom stereocenters. The quantitative estimate of drug-likeness (QED) is 0.737. The minimum Gasteiger partial charge on any atom is -0.481 e. The predicted octanol–water partition coefficient (Wildman–Crippen LogP) is 2.46. The van der Waals surface area contributed by atoms with Gasteiger partial charge in [-0.1, -0.05) is 12.2 Å². The summed E-state index contributed by atoms with van der Waals surface area (Å²) in [6.45, 7) is 1.30. The van der Waals surface area contributed by atoms with Gasteiger partial charge in [0.25, 0.3) is 0 Å². The zero-order valence-electron chi connectivity index (χ0n) is 16.0. The number of carboxylic acid groups (broad SMARTS) is 1. The van der Waals surface area contributed by atoms with Crippen LogP contribution in [0.4, 0.5) is 4.39 Å². The number of carboxylic acids is 1. The van der Waals surface area contributed by atoms with Crippen molar-refractivity contribution in [2.75, 3.05) is 20.1 Å². The summed E-state index contributed by atoms with van der Waals surface area (Å²) in [6, 6.07) is 3.00. The average molecular weight is 392 g/mol. The van der Waals surface area contributed by atoms with E-state index >= 15 is 0 Å². The largest absolute Gasteiger partial charge is 0.481 e. The van der Waals surface area contributed by atoms with Gasteiger partial charge in [-0.15, -0.1) is 0 Å². The smallest absolute Gasteiger partial charge is 0.304 e. The van der Waals surface area contributed by atoms with E-state index in [4.69, 9.17) is 5.11 Å². The van der Waals surface area contributed by atoms with Gasteiger partial charge in [0.2, 0.25) is 0 Å². The highest BCUT2D eigenvalue weighted by molar-refractivity contribution is 6.20. The number of hydrogen-bond acceptors (Lipinski definition) is 5. The van der Waals surface area contributed by atoms with Gasteiger partial charge in [0.1, 0.15) is 5.82 Å². The Morgan fingerprint density at radius 1 is 1.38 bits per heavy atom. The molecule has 0 aromatic heterocycles. The molecule has 0 spiro atoms. The number of hydrazone groups is 1. The van der Waals surface area contributed by atoms with Gasteiger partial charge in [-0.25, -0.2) is 4.39 Å². The number of fused-ring (bicyclic) bond motifs is 2. The van der Waals surface area contributed by atoms with Gasteiger partial charge in [0.15, 0.2) is 0 Å². The number of nitrogens with zero attached hydrogens (tertiary/aromatic N) is 2. The highest BCUT2D eigenvalue weighted by Crippen LogP contribution is 2.39. The summed E-state index contributed by atoms with van der Waals surface area (Å²) < 4.78 is 14.3. The van der Waals surface area contributed by atoms with Crippen LogP contribution < -0.4 is 10.7 Å². The number of allylic oxidation sites excluding steroid dienone is 2. The second kappa shape index (κ2) is 6.70. The van der Waals surface area contributed by atoms with Crippen molar-refractivity contribution in [1.82, 2.24) is 15.6 Å². The van der Waals surface area contributed by atoms with E-state index in [0.717, 1.165) is 44.8 Å². The van der Waals surface area contributed by atoms with Crippen molar-refractivity contribution in [1.29, 1.82) is 0 Å². The number of rotatable bonds is 3. The Hall–Kier alpha value is -3.19. The van der Waals surface area contributed by atoms with Gasteiger partial charge in [0.05, 0.1) is 17.8 Å². The van der Waals surface area contributed by atoms with E-state index in [2.05, 4.69) is 26.8 Å². The first kappa shape index (κ1) is 17.9. The lowest BCUT2D eigenvalue weighted by Gasteiger charge is -2.32. The molecule has 4 aliphatic rings. The van der Waals surface area contributed by atoms with E-state index in [1.165, 1.54) is 6.07 Å². The van der Waals surface area contributed by atoms with Crippen LogP contribution in [-0.2, 0) is 4.79 Å². The van der Waals surface area contributed by atoms with E-state index in [1.54, 1.807) is 6.07 Å². The van der Waals surface area contributed by atoms with Crippen LogP contribution >= 0.6 is 0 Å². The molecule has 1 aromatic carbocycles. The Morgan fingerprint density at radius 3 is 3.07 bits per heavy atom. The molecule has 0 radical (unpaired) electrons. The number of aliphatic carboxylic acids is 1. The molecule has 1 aliphatic carbocycles. The summed E-state index contributed by atoms with van der Waals surface area (Å²) in [6.07, 6.45) is 8.63. The van der Waals surface area contributed by atoms with Crippen LogP contribution in [0.1, 0.15) is 29.5 Å². The molecule has 3 N–H and O–H groups in total. The van der Waals surface area contributed by atoms with Crippen LogP contribution in [-0.4, -0.2) is 47.9 Å². The van der Waals surface area contributed by atoms with Crippen molar-refractivity contribution in [3.63, 3.8) is 0 Å². The lowest BCUT2D eigenvalue weighted by Crippen LogP contribution is -2.37. The molecule has 29 heavy (non-hydrogen) atoms. The summed E-state index contributed by atoms with van der Waals surface area (Å²) in [4.78, 5) is 13.2. The molecule has 7 heteroatoms. The first-order valence-electron chi connectivity index (χ1n) is 9.66. The number of nitrogens with one attached hydrogen (secondary N) is 2. The second-order valence-electron chi connectivity index (χ2n) is 7.81. The van der Waals surface area contributed by atoms with Gasteiger partial charge in [-0.05, 0) is 41.3 Å². The van der Waals surface area contributed by atoms with Crippen molar-refractivity contribution in [2.24, 2.45) is 5.10 Å². The van der Waals surface area contributed by atoms with E-state index < -0.39 is 5.97 Å². The first-order chi connectivity index (χ1) is 14.0. The number of benzene rings is 1. The molecule has 0 saturated carbocycles. The van der Waals surface area contributed by atoms with Gasteiger partial charge in [0, 0.05) is 49.1 Å². The Kier molecular flexibility index (Phi) is 4.13. The standard InChI is InChI=1S/C22H21FN4O2/c1-27-10-17(12-4-5-24-15(7-12)9-20(28)29)22-18(11-27)16-8-14(23)6-13-2-3-19(21(13)16)25-26-22/h2-4,6,8,11,15,24,26H,5,7,9-10H2,1H3,(H,28,29). The molecule has 5 rings (SSSR count). The van der Waals surface area contributed by atoms with Gasteiger partial charge >= 0.3 is 5.97 Å². The first-order valence-corrected chi connectivity index (χ1v) is 9.66. The van der Waals surface area contributed by atoms with Crippen LogP contribution in [0.3, 0.4) is 0 Å². The number of likely N-dealkylation sites (N-methyl/N-ethyl adjacent to an activating group) is 1. The SMILES string of the molecule is CN1C=C2C(=C(C3=CCNC(CC(=O)O)C3)C1)NN=C1C=Cc3cc(F)cc2c31. The predicted molar refractivity (Wildman–Crippen MR) is 109 cm³/mol. The van der Waals surface area contributed by atoms with E-state index in [1.807, 2.05) is 25.4 Å². The van der Waals surface area contributed by atoms with Crippen LogP contribution in [0.15, 0.2) is 52.4 Å². The zero-order chi connectivity index (χ0) is 20.1. The Morgan fingerprint density at radius 2 is 2.24 bits per heavy atom. The summed E-state index contributed by atoms with van der Waals surface area (Å²) in [5.74, 6) is -1.08. The third-order valence-electron chi connectivity index (χ3n) is 5.75. The monoisotopic (exact) mass is 392 g/mol. The summed E-state index contributed by atoms with van der Waals surface area (Å²) in [7, 11) is 1.99. The normalized spacial score (nSPS) is 22.2. The van der Waals surface area contributed by atoms with Crippen molar-refractivity contribution >= 4 is 23.3 Å². The van der Waals surface area contributed by atoms with Crippen molar-refractivity contribution in [2.45, 2.75) is 18.9 Å². The minimum absolute atomic E-state index is 0.0798. The molecule has 0 saturated heterocycles. The Labute approximate surface area is 167 Å². The third-order valence-corrected chi connectivity index (χ3v) is 5.75. The number of hydrogen-bond donors (Lipinski definition) is 3. The summed E-state index contributed by atoms with van der Waals surface area (Å²) in [5.41, 5.74) is 10.6. The Bertz CT molecular complexity index is 1080. The van der Waals surface area contributed by atoms with Gasteiger partial charge < -0.3 is 15.3 Å². The van der Waals surface area contributed by atoms with Gasteiger partial charge in [-0.3, -0.25) is 10.2 Å². The molecular weight excluding hydrogens is 371 g/mol. The molecule has 0 amide bonds. The van der Waals surface area contributed by atoms with Crippen LogP contribution in [0.25, 0.3) is 11.6 Å². The fourth-order valence-electron chi connectivity index (χ4n) is 4.51. The molecule has 3 heterocycles. The van der Waals surface area contributed by atoms with Crippen LogP contribution in [0.5, 0.6) is 0 Å². The van der Waals surface area contributed by atoms with Crippen molar-refractivity contribution in [3.8, 4) is 0 Å². The van der Waals surface area contributed by atoms with E-state index in [-0.39, 0.29) is 18.3 Å². The second-order valence-corrected chi connectivity index (χ2v) is 7.81. The maximum Gasteiger partial charge on any atom is 0.304 e. The van der Waals surface area contributed by atoms with Crippen molar-refractivity contribution in [3.05, 3.63) is 69.8 Å². The fraction of sp³-hybridized carbons (Fsp3) is 0.273. The molecule has 6 nitrogen and oxygen atoms in total. The highest BCUT2D eigenvalue weighted by Gasteiger charge is 2.31. The molecule has 1 unspecified atom stereocenters. The van der Waals surface area contributed by atoms with E-state index in [0.29, 0.717) is 19.5 Å². The Balaban J connectivity index is 1.62. The lowest BCUT2D eigenvalue weighted by atomic mass is 9.86. The van der Waals surface area contributed by atoms with Crippen molar-refractivity contribution < 1.29 is 14.3 Å². The molecule has 1 aromatic rings. The summed E-state index contributed by atoms with van der Waals surface area (Å²) in [5, 5.41) is 17.0. The maximum atomic E-state index is 14.3. The van der Waals surface area contributed by atoms with Gasteiger partial charge in [-0.2, -0.15) is 5.10 Å². The minimum atomic E-state index is -0.810. The molecule has 3 aliphatic heterocycles. The van der Waals surface area contributed by atoms with Crippen LogP contribution in [0, 0.1) is 5.82 Å². The van der Waals surface area contributed by atoms with E-state index in [9.17, 15) is 9.18 Å².